The molecule has 1 atom stereocenters. The van der Waals surface area contributed by atoms with Crippen LogP contribution in [0, 0.1) is 5.82 Å². The monoisotopic (exact) mass is 241 g/mol. The number of hydrogen-bond acceptors (Lipinski definition) is 2. The molecule has 0 fully saturated rings. The van der Waals surface area contributed by atoms with Gasteiger partial charge in [0.15, 0.2) is 0 Å². The predicted octanol–water partition coefficient (Wildman–Crippen LogP) is 4.13. The van der Waals surface area contributed by atoms with Crippen molar-refractivity contribution in [3.8, 4) is 0 Å². The van der Waals surface area contributed by atoms with E-state index in [-0.39, 0.29) is 11.9 Å². The summed E-state index contributed by atoms with van der Waals surface area (Å²) in [6.45, 7) is 4.08. The smallest absolute Gasteiger partial charge is 0.123 e. The van der Waals surface area contributed by atoms with E-state index in [0.717, 1.165) is 16.2 Å². The van der Waals surface area contributed by atoms with Gasteiger partial charge in [0.05, 0.1) is 0 Å². The first kappa shape index (κ1) is 13.5. The van der Waals surface area contributed by atoms with Gasteiger partial charge in [-0.25, -0.2) is 4.39 Å². The maximum Gasteiger partial charge on any atom is 0.123 e. The van der Waals surface area contributed by atoms with Crippen molar-refractivity contribution in [2.24, 2.45) is 5.73 Å². The van der Waals surface area contributed by atoms with Gasteiger partial charge in [-0.2, -0.15) is 0 Å². The lowest BCUT2D eigenvalue weighted by molar-refractivity contribution is 0.619. The summed E-state index contributed by atoms with van der Waals surface area (Å²) in [4.78, 5) is 1.12. The fourth-order valence-electron chi connectivity index (χ4n) is 1.54. The minimum atomic E-state index is -0.204. The van der Waals surface area contributed by atoms with E-state index < -0.39 is 0 Å². The van der Waals surface area contributed by atoms with Crippen LogP contribution in [-0.4, -0.2) is 5.75 Å². The SMILES string of the molecule is CCCCCSc1ccc(F)cc1[C@H](C)N. The zero-order chi connectivity index (χ0) is 12.0. The molecule has 0 aliphatic carbocycles. The molecule has 0 unspecified atom stereocenters. The highest BCUT2D eigenvalue weighted by atomic mass is 32.2. The molecule has 0 saturated heterocycles. The standard InChI is InChI=1S/C13H20FNS/c1-3-4-5-8-16-13-7-6-11(14)9-12(13)10(2)15/h6-7,9-10H,3-5,8,15H2,1-2H3/t10-/m0/s1. The number of benzene rings is 1. The fraction of sp³-hybridized carbons (Fsp3) is 0.538. The molecule has 0 spiro atoms. The van der Waals surface area contributed by atoms with E-state index in [2.05, 4.69) is 6.92 Å². The summed E-state index contributed by atoms with van der Waals surface area (Å²) >= 11 is 1.78. The molecule has 1 aromatic carbocycles. The minimum Gasteiger partial charge on any atom is -0.324 e. The fourth-order valence-corrected chi connectivity index (χ4v) is 2.68. The Bertz CT molecular complexity index is 326. The third-order valence-corrected chi connectivity index (χ3v) is 3.64. The van der Waals surface area contributed by atoms with E-state index in [1.807, 2.05) is 13.0 Å². The second-order valence-electron chi connectivity index (χ2n) is 4.03. The first-order valence-electron chi connectivity index (χ1n) is 5.83. The summed E-state index contributed by atoms with van der Waals surface area (Å²) in [7, 11) is 0. The number of thioether (sulfide) groups is 1. The van der Waals surface area contributed by atoms with Crippen LogP contribution < -0.4 is 5.73 Å². The Morgan fingerprint density at radius 3 is 2.75 bits per heavy atom. The molecule has 16 heavy (non-hydrogen) atoms. The lowest BCUT2D eigenvalue weighted by atomic mass is 10.1. The van der Waals surface area contributed by atoms with Gasteiger partial charge in [0, 0.05) is 10.9 Å². The summed E-state index contributed by atoms with van der Waals surface area (Å²) in [5.74, 6) is 0.879. The number of nitrogens with two attached hydrogens (primary N) is 1. The Kier molecular flexibility index (Phi) is 5.85. The van der Waals surface area contributed by atoms with Crippen LogP contribution in [-0.2, 0) is 0 Å². The first-order chi connectivity index (χ1) is 7.65. The average Bonchev–Trinajstić information content (AvgIpc) is 2.26. The van der Waals surface area contributed by atoms with Crippen LogP contribution >= 0.6 is 11.8 Å². The van der Waals surface area contributed by atoms with E-state index in [9.17, 15) is 4.39 Å². The number of hydrogen-bond donors (Lipinski definition) is 1. The summed E-state index contributed by atoms with van der Waals surface area (Å²) in [5, 5.41) is 0. The van der Waals surface area contributed by atoms with Gasteiger partial charge in [-0.05, 0) is 42.9 Å². The van der Waals surface area contributed by atoms with Crippen molar-refractivity contribution in [1.29, 1.82) is 0 Å². The summed E-state index contributed by atoms with van der Waals surface area (Å²) in [6.07, 6.45) is 3.68. The van der Waals surface area contributed by atoms with Gasteiger partial charge in [-0.15, -0.1) is 11.8 Å². The van der Waals surface area contributed by atoms with Gasteiger partial charge >= 0.3 is 0 Å². The molecule has 0 aromatic heterocycles. The normalized spacial score (nSPS) is 12.8. The van der Waals surface area contributed by atoms with Crippen LogP contribution in [0.25, 0.3) is 0 Å². The van der Waals surface area contributed by atoms with Crippen LogP contribution in [0.3, 0.4) is 0 Å². The van der Waals surface area contributed by atoms with Crippen molar-refractivity contribution >= 4 is 11.8 Å². The first-order valence-corrected chi connectivity index (χ1v) is 6.81. The second kappa shape index (κ2) is 6.92. The van der Waals surface area contributed by atoms with Gasteiger partial charge in [-0.1, -0.05) is 19.8 Å². The molecule has 0 heterocycles. The maximum absolute atomic E-state index is 13.1. The molecule has 0 aliphatic heterocycles. The molecule has 0 radical (unpaired) electrons. The summed E-state index contributed by atoms with van der Waals surface area (Å²) < 4.78 is 13.1. The molecule has 0 saturated carbocycles. The van der Waals surface area contributed by atoms with Crippen molar-refractivity contribution in [2.45, 2.75) is 44.0 Å². The summed E-state index contributed by atoms with van der Waals surface area (Å²) in [5.41, 5.74) is 6.75. The van der Waals surface area contributed by atoms with E-state index in [1.165, 1.54) is 25.3 Å². The molecule has 3 heteroatoms. The van der Waals surface area contributed by atoms with Crippen molar-refractivity contribution in [3.63, 3.8) is 0 Å². The molecule has 0 aliphatic rings. The maximum atomic E-state index is 13.1. The van der Waals surface area contributed by atoms with Gasteiger partial charge in [-0.3, -0.25) is 0 Å². The third-order valence-electron chi connectivity index (χ3n) is 2.47. The van der Waals surface area contributed by atoms with Crippen molar-refractivity contribution in [1.82, 2.24) is 0 Å². The molecule has 0 bridgehead atoms. The van der Waals surface area contributed by atoms with Gasteiger partial charge in [0.1, 0.15) is 5.82 Å². The summed E-state index contributed by atoms with van der Waals surface area (Å²) in [6, 6.07) is 4.79. The van der Waals surface area contributed by atoms with E-state index in [0.29, 0.717) is 0 Å². The van der Waals surface area contributed by atoms with Crippen LogP contribution in [0.15, 0.2) is 23.1 Å². The van der Waals surface area contributed by atoms with Gasteiger partial charge < -0.3 is 5.73 Å². The van der Waals surface area contributed by atoms with Crippen LogP contribution in [0.4, 0.5) is 4.39 Å². The predicted molar refractivity (Wildman–Crippen MR) is 69.3 cm³/mol. The Hall–Kier alpha value is -0.540. The second-order valence-corrected chi connectivity index (χ2v) is 5.16. The molecule has 1 aromatic rings. The van der Waals surface area contributed by atoms with Crippen LogP contribution in [0.2, 0.25) is 0 Å². The number of unbranched alkanes of at least 4 members (excludes halogenated alkanes) is 2. The Balaban J connectivity index is 2.64. The number of rotatable bonds is 6. The van der Waals surface area contributed by atoms with Gasteiger partial charge in [0.25, 0.3) is 0 Å². The molecular weight excluding hydrogens is 221 g/mol. The molecule has 0 amide bonds. The highest BCUT2D eigenvalue weighted by molar-refractivity contribution is 7.99. The molecule has 2 N–H and O–H groups in total. The van der Waals surface area contributed by atoms with E-state index in [1.54, 1.807) is 17.8 Å². The minimum absolute atomic E-state index is 0.107. The lowest BCUT2D eigenvalue weighted by Crippen LogP contribution is -2.07. The molecule has 1 nitrogen and oxygen atoms in total. The zero-order valence-corrected chi connectivity index (χ0v) is 10.8. The highest BCUT2D eigenvalue weighted by Crippen LogP contribution is 2.28. The Morgan fingerprint density at radius 1 is 1.38 bits per heavy atom. The molecule has 90 valence electrons. The molecular formula is C13H20FNS. The van der Waals surface area contributed by atoms with Crippen molar-refractivity contribution in [2.75, 3.05) is 5.75 Å². The highest BCUT2D eigenvalue weighted by Gasteiger charge is 2.08. The Morgan fingerprint density at radius 2 is 2.12 bits per heavy atom. The Labute approximate surface area is 102 Å². The van der Waals surface area contributed by atoms with E-state index in [4.69, 9.17) is 5.73 Å². The van der Waals surface area contributed by atoms with E-state index >= 15 is 0 Å². The topological polar surface area (TPSA) is 26.0 Å². The average molecular weight is 241 g/mol. The largest absolute Gasteiger partial charge is 0.324 e. The quantitative estimate of drug-likeness (QED) is 0.598. The zero-order valence-electron chi connectivity index (χ0n) is 10.0. The lowest BCUT2D eigenvalue weighted by Gasteiger charge is -2.12. The number of halogens is 1. The van der Waals surface area contributed by atoms with Crippen LogP contribution in [0.5, 0.6) is 0 Å². The van der Waals surface area contributed by atoms with Crippen LogP contribution in [0.1, 0.15) is 44.7 Å². The van der Waals surface area contributed by atoms with Crippen molar-refractivity contribution < 1.29 is 4.39 Å². The van der Waals surface area contributed by atoms with Gasteiger partial charge in [0.2, 0.25) is 0 Å². The van der Waals surface area contributed by atoms with Crippen molar-refractivity contribution in [3.05, 3.63) is 29.6 Å². The third kappa shape index (κ3) is 4.14. The molecule has 1 rings (SSSR count).